The molecule has 2 aliphatic heterocycles. The predicted molar refractivity (Wildman–Crippen MR) is 122 cm³/mol. The molecule has 2 heterocycles. The number of amides is 3. The first kappa shape index (κ1) is 24.5. The fourth-order valence-electron chi connectivity index (χ4n) is 3.56. The first-order valence-corrected chi connectivity index (χ1v) is 11.4. The smallest absolute Gasteiger partial charge is 0.416 e. The number of alkyl halides is 3. The van der Waals surface area contributed by atoms with E-state index in [9.17, 15) is 32.7 Å². The van der Waals surface area contributed by atoms with Crippen LogP contribution in [0.15, 0.2) is 57.6 Å². The lowest BCUT2D eigenvalue weighted by atomic mass is 10.1. The highest BCUT2D eigenvalue weighted by Crippen LogP contribution is 2.36. The molecular weight excluding hydrogens is 485 g/mol. The van der Waals surface area contributed by atoms with Crippen LogP contribution in [0.25, 0.3) is 6.08 Å². The Morgan fingerprint density at radius 3 is 2.43 bits per heavy atom. The molecule has 0 atom stereocenters. The van der Waals surface area contributed by atoms with Gasteiger partial charge >= 0.3 is 6.18 Å². The molecule has 2 aromatic carbocycles. The van der Waals surface area contributed by atoms with Crippen LogP contribution in [0.1, 0.15) is 24.0 Å². The molecule has 0 saturated carbocycles. The second kappa shape index (κ2) is 9.90. The molecule has 0 aromatic heterocycles. The van der Waals surface area contributed by atoms with Gasteiger partial charge in [-0.2, -0.15) is 23.4 Å². The van der Waals surface area contributed by atoms with Crippen molar-refractivity contribution in [3.63, 3.8) is 0 Å². The Hall–Kier alpha value is -3.67. The van der Waals surface area contributed by atoms with Gasteiger partial charge in [0.05, 0.1) is 21.8 Å². The highest BCUT2D eigenvalue weighted by Gasteiger charge is 2.37. The first-order valence-electron chi connectivity index (χ1n) is 10.6. The van der Waals surface area contributed by atoms with Crippen molar-refractivity contribution < 1.29 is 32.7 Å². The number of hydrogen-bond acceptors (Lipinski definition) is 7. The van der Waals surface area contributed by atoms with Gasteiger partial charge < -0.3 is 10.0 Å². The number of carbonyl (C=O) groups excluding carboxylic acids is 3. The van der Waals surface area contributed by atoms with Crippen molar-refractivity contribution in [2.75, 3.05) is 19.6 Å². The lowest BCUT2D eigenvalue weighted by molar-refractivity contribution is -0.137. The SMILES string of the molecule is O=C(CN1C(=O)S/C(=C\c2cc(N=Nc3cccc(C(F)(F)F)c3)ccc2O)C1=O)N1CCCC1. The standard InChI is InChI=1S/C23H19F3N4O4S/c24-23(25,26)15-4-3-5-16(12-15)27-28-17-6-7-18(31)14(10-17)11-19-21(33)30(22(34)35-19)13-20(32)29-8-1-2-9-29/h3-7,10-12,31H,1-2,8-9,13H2/b19-11-,28-27?. The van der Waals surface area contributed by atoms with E-state index < -0.39 is 22.9 Å². The van der Waals surface area contributed by atoms with Gasteiger partial charge in [-0.15, -0.1) is 0 Å². The number of azo groups is 1. The van der Waals surface area contributed by atoms with Gasteiger partial charge in [0, 0.05) is 18.7 Å². The summed E-state index contributed by atoms with van der Waals surface area (Å²) in [5.74, 6) is -1.16. The summed E-state index contributed by atoms with van der Waals surface area (Å²) in [5.41, 5.74) is -0.519. The van der Waals surface area contributed by atoms with Crippen LogP contribution in [0, 0.1) is 0 Å². The summed E-state index contributed by atoms with van der Waals surface area (Å²) in [6.07, 6.45) is -1.45. The number of phenolic OH excluding ortho intramolecular Hbond substituents is 1. The van der Waals surface area contributed by atoms with Crippen LogP contribution >= 0.6 is 11.8 Å². The Kier molecular flexibility index (Phi) is 6.92. The molecule has 0 aliphatic carbocycles. The van der Waals surface area contributed by atoms with Crippen LogP contribution in [-0.2, 0) is 15.8 Å². The minimum absolute atomic E-state index is 0.0155. The summed E-state index contributed by atoms with van der Waals surface area (Å²) >= 11 is 0.646. The van der Waals surface area contributed by atoms with Crippen molar-refractivity contribution >= 4 is 46.3 Å². The molecule has 8 nitrogen and oxygen atoms in total. The molecule has 0 spiro atoms. The highest BCUT2D eigenvalue weighted by atomic mass is 32.2. The van der Waals surface area contributed by atoms with E-state index >= 15 is 0 Å². The van der Waals surface area contributed by atoms with Gasteiger partial charge in [-0.1, -0.05) is 6.07 Å². The number of halogens is 3. The van der Waals surface area contributed by atoms with Crippen molar-refractivity contribution in [1.29, 1.82) is 0 Å². The third-order valence-corrected chi connectivity index (χ3v) is 6.29. The molecule has 35 heavy (non-hydrogen) atoms. The third kappa shape index (κ3) is 5.70. The number of thioether (sulfide) groups is 1. The second-order valence-corrected chi connectivity index (χ2v) is 8.84. The van der Waals surface area contributed by atoms with Crippen molar-refractivity contribution in [2.24, 2.45) is 10.2 Å². The van der Waals surface area contributed by atoms with Gasteiger partial charge in [0.2, 0.25) is 5.91 Å². The van der Waals surface area contributed by atoms with Gasteiger partial charge in [0.15, 0.2) is 0 Å². The number of rotatable bonds is 5. The fraction of sp³-hybridized carbons (Fsp3) is 0.261. The zero-order valence-electron chi connectivity index (χ0n) is 18.2. The average molecular weight is 504 g/mol. The van der Waals surface area contributed by atoms with Crippen molar-refractivity contribution in [3.05, 3.63) is 58.5 Å². The number of hydrogen-bond donors (Lipinski definition) is 1. The van der Waals surface area contributed by atoms with E-state index in [2.05, 4.69) is 10.2 Å². The lowest BCUT2D eigenvalue weighted by Crippen LogP contribution is -2.40. The van der Waals surface area contributed by atoms with Crippen molar-refractivity contribution in [2.45, 2.75) is 19.0 Å². The molecule has 12 heteroatoms. The summed E-state index contributed by atoms with van der Waals surface area (Å²) in [6.45, 7) is 0.848. The van der Waals surface area contributed by atoms with E-state index in [-0.39, 0.29) is 40.0 Å². The van der Waals surface area contributed by atoms with Crippen LogP contribution in [0.4, 0.5) is 29.3 Å². The number of likely N-dealkylation sites (tertiary alicyclic amines) is 1. The van der Waals surface area contributed by atoms with Crippen LogP contribution in [-0.4, -0.2) is 51.6 Å². The zero-order chi connectivity index (χ0) is 25.2. The molecule has 182 valence electrons. The number of imide groups is 1. The van der Waals surface area contributed by atoms with E-state index in [0.29, 0.717) is 24.9 Å². The van der Waals surface area contributed by atoms with Gasteiger partial charge in [0.1, 0.15) is 12.3 Å². The van der Waals surface area contributed by atoms with E-state index in [1.807, 2.05) is 0 Å². The molecule has 2 fully saturated rings. The predicted octanol–water partition coefficient (Wildman–Crippen LogP) is 5.49. The van der Waals surface area contributed by atoms with Crippen molar-refractivity contribution in [1.82, 2.24) is 9.80 Å². The van der Waals surface area contributed by atoms with Gasteiger partial charge in [-0.3, -0.25) is 19.3 Å². The number of nitrogens with zero attached hydrogens (tertiary/aromatic N) is 4. The maximum atomic E-state index is 12.9. The number of benzene rings is 2. The fourth-order valence-corrected chi connectivity index (χ4v) is 4.39. The quantitative estimate of drug-likeness (QED) is 0.429. The van der Waals surface area contributed by atoms with E-state index in [4.69, 9.17) is 0 Å². The molecule has 2 aliphatic rings. The number of aromatic hydroxyl groups is 1. The number of phenols is 1. The van der Waals surface area contributed by atoms with Crippen molar-refractivity contribution in [3.8, 4) is 5.75 Å². The molecule has 3 amide bonds. The summed E-state index contributed by atoms with van der Waals surface area (Å²) in [5, 5.41) is 17.3. The maximum absolute atomic E-state index is 12.9. The van der Waals surface area contributed by atoms with E-state index in [0.717, 1.165) is 29.9 Å². The second-order valence-electron chi connectivity index (χ2n) is 7.85. The van der Waals surface area contributed by atoms with Crippen LogP contribution in [0.3, 0.4) is 0 Å². The highest BCUT2D eigenvalue weighted by molar-refractivity contribution is 8.18. The Balaban J connectivity index is 1.51. The monoisotopic (exact) mass is 504 g/mol. The molecule has 0 bridgehead atoms. The first-order chi connectivity index (χ1) is 16.6. The largest absolute Gasteiger partial charge is 0.507 e. The molecular formula is C23H19F3N4O4S. The Labute approximate surface area is 202 Å². The Morgan fingerprint density at radius 2 is 1.74 bits per heavy atom. The Bertz CT molecular complexity index is 1240. The van der Waals surface area contributed by atoms with Crippen LogP contribution in [0.5, 0.6) is 5.75 Å². The molecule has 0 unspecified atom stereocenters. The van der Waals surface area contributed by atoms with Gasteiger partial charge in [0.25, 0.3) is 11.1 Å². The molecule has 1 N–H and O–H groups in total. The summed E-state index contributed by atoms with van der Waals surface area (Å²) in [4.78, 5) is 39.9. The minimum atomic E-state index is -4.51. The summed E-state index contributed by atoms with van der Waals surface area (Å²) < 4.78 is 38.6. The average Bonchev–Trinajstić information content (AvgIpc) is 3.44. The van der Waals surface area contributed by atoms with Crippen LogP contribution < -0.4 is 0 Å². The minimum Gasteiger partial charge on any atom is -0.507 e. The summed E-state index contributed by atoms with van der Waals surface area (Å²) in [7, 11) is 0. The van der Waals surface area contributed by atoms with Crippen LogP contribution in [0.2, 0.25) is 0 Å². The van der Waals surface area contributed by atoms with Gasteiger partial charge in [-0.05, 0) is 67.1 Å². The topological polar surface area (TPSA) is 103 Å². The normalized spacial score (nSPS) is 17.9. The molecule has 2 saturated heterocycles. The molecule has 0 radical (unpaired) electrons. The van der Waals surface area contributed by atoms with E-state index in [1.54, 1.807) is 4.90 Å². The zero-order valence-corrected chi connectivity index (χ0v) is 19.0. The molecule has 4 rings (SSSR count). The molecule has 2 aromatic rings. The maximum Gasteiger partial charge on any atom is 0.416 e. The summed E-state index contributed by atoms with van der Waals surface area (Å²) in [6, 6.07) is 8.39. The number of carbonyl (C=O) groups is 3. The lowest BCUT2D eigenvalue weighted by Gasteiger charge is -2.18. The third-order valence-electron chi connectivity index (χ3n) is 5.38. The van der Waals surface area contributed by atoms with Gasteiger partial charge in [-0.25, -0.2) is 0 Å². The Morgan fingerprint density at radius 1 is 1.06 bits per heavy atom. The van der Waals surface area contributed by atoms with E-state index in [1.165, 1.54) is 36.4 Å².